The lowest BCUT2D eigenvalue weighted by Crippen LogP contribution is -2.16. The molecule has 0 aliphatic carbocycles. The van der Waals surface area contributed by atoms with Crippen molar-refractivity contribution in [1.29, 1.82) is 0 Å². The Morgan fingerprint density at radius 2 is 1.92 bits per heavy atom. The summed E-state index contributed by atoms with van der Waals surface area (Å²) in [7, 11) is 0. The smallest absolute Gasteiger partial charge is 0.303 e. The highest BCUT2D eigenvalue weighted by Gasteiger charge is 2.20. The van der Waals surface area contributed by atoms with E-state index in [-0.39, 0.29) is 5.41 Å². The molecule has 0 aliphatic rings. The predicted molar refractivity (Wildman–Crippen MR) is 50.1 cm³/mol. The fourth-order valence-corrected chi connectivity index (χ4v) is 1.65. The average molecular weight is 172 g/mol. The molecule has 0 saturated heterocycles. The zero-order valence-electron chi connectivity index (χ0n) is 8.55. The van der Waals surface area contributed by atoms with Crippen LogP contribution in [-0.2, 0) is 4.79 Å². The summed E-state index contributed by atoms with van der Waals surface area (Å²) in [5.41, 5.74) is 0.173. The van der Waals surface area contributed by atoms with Gasteiger partial charge in [0.15, 0.2) is 0 Å². The third-order valence-corrected chi connectivity index (χ3v) is 1.98. The summed E-state index contributed by atoms with van der Waals surface area (Å²) < 4.78 is 0. The Labute approximate surface area is 75.0 Å². The number of rotatable bonds is 5. The van der Waals surface area contributed by atoms with Gasteiger partial charge in [-0.15, -0.1) is 0 Å². The molecule has 2 heteroatoms. The summed E-state index contributed by atoms with van der Waals surface area (Å²) in [6, 6.07) is 0. The fourth-order valence-electron chi connectivity index (χ4n) is 1.65. The van der Waals surface area contributed by atoms with Crippen LogP contribution in [-0.4, -0.2) is 11.1 Å². The van der Waals surface area contributed by atoms with Crippen LogP contribution in [0.15, 0.2) is 0 Å². The topological polar surface area (TPSA) is 37.3 Å². The first-order valence-electron chi connectivity index (χ1n) is 4.55. The number of carboxylic acid groups (broad SMARTS) is 1. The molecule has 0 unspecified atom stereocenters. The maximum absolute atomic E-state index is 10.3. The van der Waals surface area contributed by atoms with Crippen molar-refractivity contribution >= 4 is 5.97 Å². The van der Waals surface area contributed by atoms with E-state index in [1.807, 2.05) is 0 Å². The van der Waals surface area contributed by atoms with Gasteiger partial charge in [0.05, 0.1) is 0 Å². The Balaban J connectivity index is 3.78. The largest absolute Gasteiger partial charge is 0.481 e. The van der Waals surface area contributed by atoms with Crippen LogP contribution in [0.2, 0.25) is 0 Å². The van der Waals surface area contributed by atoms with Crippen molar-refractivity contribution in [2.24, 2.45) is 11.3 Å². The number of aliphatic carboxylic acids is 1. The molecule has 0 rings (SSSR count). The minimum atomic E-state index is -0.688. The van der Waals surface area contributed by atoms with E-state index in [4.69, 9.17) is 5.11 Å². The number of carbonyl (C=O) groups is 1. The molecular weight excluding hydrogens is 152 g/mol. The lowest BCUT2D eigenvalue weighted by atomic mass is 9.80. The van der Waals surface area contributed by atoms with E-state index in [1.54, 1.807) is 0 Å². The Morgan fingerprint density at radius 1 is 1.42 bits per heavy atom. The minimum Gasteiger partial charge on any atom is -0.481 e. The molecule has 0 spiro atoms. The highest BCUT2D eigenvalue weighted by molar-refractivity contribution is 5.66. The summed E-state index contributed by atoms with van der Waals surface area (Å²) in [6.07, 6.45) is 2.17. The Morgan fingerprint density at radius 3 is 2.25 bits per heavy atom. The van der Waals surface area contributed by atoms with Crippen LogP contribution in [0.1, 0.15) is 47.0 Å². The first kappa shape index (κ1) is 11.5. The molecule has 12 heavy (non-hydrogen) atoms. The first-order chi connectivity index (χ1) is 5.33. The highest BCUT2D eigenvalue weighted by atomic mass is 16.4. The molecule has 0 heterocycles. The molecule has 0 atom stereocenters. The van der Waals surface area contributed by atoms with Crippen LogP contribution in [0, 0.1) is 11.3 Å². The van der Waals surface area contributed by atoms with Gasteiger partial charge in [-0.3, -0.25) is 4.79 Å². The monoisotopic (exact) mass is 172 g/mol. The standard InChI is InChI=1S/C10H20O2/c1-8(2)7-10(3,4)6-5-9(11)12/h8H,5-7H2,1-4H3,(H,11,12). The highest BCUT2D eigenvalue weighted by Crippen LogP contribution is 2.30. The molecule has 0 fully saturated rings. The van der Waals surface area contributed by atoms with Crippen molar-refractivity contribution < 1.29 is 9.90 Å². The van der Waals surface area contributed by atoms with E-state index in [9.17, 15) is 4.79 Å². The quantitative estimate of drug-likeness (QED) is 0.692. The maximum atomic E-state index is 10.3. The van der Waals surface area contributed by atoms with E-state index in [0.29, 0.717) is 12.3 Å². The van der Waals surface area contributed by atoms with Crippen molar-refractivity contribution in [2.75, 3.05) is 0 Å². The molecule has 2 nitrogen and oxygen atoms in total. The van der Waals surface area contributed by atoms with E-state index in [1.165, 1.54) is 0 Å². The zero-order chi connectivity index (χ0) is 9.78. The van der Waals surface area contributed by atoms with Gasteiger partial charge in [-0.2, -0.15) is 0 Å². The predicted octanol–water partition coefficient (Wildman–Crippen LogP) is 2.92. The summed E-state index contributed by atoms with van der Waals surface area (Å²) in [6.45, 7) is 8.61. The van der Waals surface area contributed by atoms with Crippen LogP contribution in [0.3, 0.4) is 0 Å². The van der Waals surface area contributed by atoms with Gasteiger partial charge < -0.3 is 5.11 Å². The fraction of sp³-hybridized carbons (Fsp3) is 0.900. The molecule has 0 saturated carbocycles. The van der Waals surface area contributed by atoms with E-state index < -0.39 is 5.97 Å². The van der Waals surface area contributed by atoms with Crippen LogP contribution < -0.4 is 0 Å². The molecule has 0 aromatic heterocycles. The van der Waals surface area contributed by atoms with Crippen molar-refractivity contribution in [3.63, 3.8) is 0 Å². The van der Waals surface area contributed by atoms with Crippen LogP contribution in [0.5, 0.6) is 0 Å². The molecule has 0 aromatic carbocycles. The van der Waals surface area contributed by atoms with Gasteiger partial charge in [-0.05, 0) is 24.2 Å². The maximum Gasteiger partial charge on any atom is 0.303 e. The van der Waals surface area contributed by atoms with E-state index in [0.717, 1.165) is 12.8 Å². The summed E-state index contributed by atoms with van der Waals surface area (Å²) in [5, 5.41) is 8.51. The van der Waals surface area contributed by atoms with Crippen LogP contribution >= 0.6 is 0 Å². The molecule has 0 radical (unpaired) electrons. The SMILES string of the molecule is CC(C)CC(C)(C)CCC(=O)O. The van der Waals surface area contributed by atoms with Gasteiger partial charge in [-0.25, -0.2) is 0 Å². The number of hydrogen-bond acceptors (Lipinski definition) is 1. The normalized spacial score (nSPS) is 12.1. The van der Waals surface area contributed by atoms with Crippen molar-refractivity contribution in [3.05, 3.63) is 0 Å². The molecular formula is C10H20O2. The Bertz CT molecular complexity index is 148. The van der Waals surface area contributed by atoms with Crippen LogP contribution in [0.25, 0.3) is 0 Å². The van der Waals surface area contributed by atoms with Crippen molar-refractivity contribution in [2.45, 2.75) is 47.0 Å². The van der Waals surface area contributed by atoms with Gasteiger partial charge in [0.1, 0.15) is 0 Å². The van der Waals surface area contributed by atoms with Crippen molar-refractivity contribution in [1.82, 2.24) is 0 Å². The summed E-state index contributed by atoms with van der Waals surface area (Å²) in [5.74, 6) is -0.0411. The van der Waals surface area contributed by atoms with Gasteiger partial charge in [-0.1, -0.05) is 27.7 Å². The molecule has 1 N–H and O–H groups in total. The van der Waals surface area contributed by atoms with Gasteiger partial charge in [0, 0.05) is 6.42 Å². The lowest BCUT2D eigenvalue weighted by molar-refractivity contribution is -0.137. The molecule has 0 amide bonds. The molecule has 0 aromatic rings. The average Bonchev–Trinajstić information content (AvgIpc) is 1.81. The van der Waals surface area contributed by atoms with E-state index >= 15 is 0 Å². The Hall–Kier alpha value is -0.530. The zero-order valence-corrected chi connectivity index (χ0v) is 8.55. The van der Waals surface area contributed by atoms with Gasteiger partial charge >= 0.3 is 5.97 Å². The molecule has 0 bridgehead atoms. The second kappa shape index (κ2) is 4.48. The lowest BCUT2D eigenvalue weighted by Gasteiger charge is -2.25. The minimum absolute atomic E-state index is 0.173. The molecule has 72 valence electrons. The summed E-state index contributed by atoms with van der Waals surface area (Å²) >= 11 is 0. The van der Waals surface area contributed by atoms with Gasteiger partial charge in [0.25, 0.3) is 0 Å². The second-order valence-corrected chi connectivity index (χ2v) is 4.66. The van der Waals surface area contributed by atoms with Crippen LogP contribution in [0.4, 0.5) is 0 Å². The first-order valence-corrected chi connectivity index (χ1v) is 4.55. The summed E-state index contributed by atoms with van der Waals surface area (Å²) in [4.78, 5) is 10.3. The van der Waals surface area contributed by atoms with E-state index in [2.05, 4.69) is 27.7 Å². The third-order valence-electron chi connectivity index (χ3n) is 1.98. The molecule has 0 aliphatic heterocycles. The number of hydrogen-bond donors (Lipinski definition) is 1. The second-order valence-electron chi connectivity index (χ2n) is 4.66. The number of carboxylic acids is 1. The third kappa shape index (κ3) is 6.20. The van der Waals surface area contributed by atoms with Crippen molar-refractivity contribution in [3.8, 4) is 0 Å². The van der Waals surface area contributed by atoms with Gasteiger partial charge in [0.2, 0.25) is 0 Å². The Kier molecular flexibility index (Phi) is 4.29.